The van der Waals surface area contributed by atoms with Crippen LogP contribution < -0.4 is 15.4 Å². The fourth-order valence-electron chi connectivity index (χ4n) is 1.96. The topological polar surface area (TPSA) is 50.4 Å². The zero-order valence-electron chi connectivity index (χ0n) is 13.1. The second-order valence-corrected chi connectivity index (χ2v) is 6.79. The maximum absolute atomic E-state index is 11.8. The van der Waals surface area contributed by atoms with Gasteiger partial charge < -0.3 is 15.4 Å². The van der Waals surface area contributed by atoms with E-state index in [0.717, 1.165) is 11.3 Å². The largest absolute Gasteiger partial charge is 0.497 e. The molecule has 0 spiro atoms. The minimum absolute atomic E-state index is 0.250. The van der Waals surface area contributed by atoms with Crippen molar-refractivity contribution in [1.82, 2.24) is 5.32 Å². The first-order valence-electron chi connectivity index (χ1n) is 7.29. The summed E-state index contributed by atoms with van der Waals surface area (Å²) < 4.78 is 5.11. The Bertz CT molecular complexity index is 678. The van der Waals surface area contributed by atoms with Crippen LogP contribution in [0.1, 0.15) is 5.56 Å². The second-order valence-electron chi connectivity index (χ2n) is 4.87. The number of thioether (sulfide) groups is 1. The molecule has 0 fully saturated rings. The van der Waals surface area contributed by atoms with Crippen LogP contribution in [0.4, 0.5) is 10.5 Å². The van der Waals surface area contributed by atoms with Crippen molar-refractivity contribution in [2.24, 2.45) is 0 Å². The van der Waals surface area contributed by atoms with E-state index in [-0.39, 0.29) is 6.03 Å². The number of methoxy groups -OCH3 is 1. The molecule has 2 N–H and O–H groups in total. The number of anilines is 1. The van der Waals surface area contributed by atoms with Gasteiger partial charge in [-0.25, -0.2) is 4.79 Å². The molecule has 128 valence electrons. The minimum Gasteiger partial charge on any atom is -0.497 e. The highest BCUT2D eigenvalue weighted by Crippen LogP contribution is 2.27. The lowest BCUT2D eigenvalue weighted by molar-refractivity contribution is 0.252. The number of benzene rings is 2. The fourth-order valence-corrected chi connectivity index (χ4v) is 3.55. The third-order valence-electron chi connectivity index (χ3n) is 3.17. The molecule has 0 aromatic heterocycles. The van der Waals surface area contributed by atoms with Crippen LogP contribution in [0.2, 0.25) is 10.0 Å². The number of ether oxygens (including phenoxy) is 1. The second kappa shape index (κ2) is 9.67. The van der Waals surface area contributed by atoms with E-state index in [1.807, 2.05) is 30.3 Å². The van der Waals surface area contributed by atoms with Crippen molar-refractivity contribution in [3.05, 3.63) is 58.1 Å². The van der Waals surface area contributed by atoms with Gasteiger partial charge in [-0.3, -0.25) is 0 Å². The van der Waals surface area contributed by atoms with E-state index in [4.69, 9.17) is 27.9 Å². The van der Waals surface area contributed by atoms with Gasteiger partial charge in [-0.15, -0.1) is 0 Å². The normalized spacial score (nSPS) is 10.3. The highest BCUT2D eigenvalue weighted by Gasteiger charge is 2.06. The summed E-state index contributed by atoms with van der Waals surface area (Å²) in [4.78, 5) is 11.8. The lowest BCUT2D eigenvalue weighted by Crippen LogP contribution is -2.30. The lowest BCUT2D eigenvalue weighted by Gasteiger charge is -2.09. The summed E-state index contributed by atoms with van der Waals surface area (Å²) in [5.74, 6) is 2.16. The zero-order chi connectivity index (χ0) is 17.4. The van der Waals surface area contributed by atoms with Crippen LogP contribution >= 0.6 is 35.0 Å². The predicted octanol–water partition coefficient (Wildman–Crippen LogP) is 5.06. The molecule has 0 saturated carbocycles. The Morgan fingerprint density at radius 3 is 2.58 bits per heavy atom. The maximum atomic E-state index is 11.8. The Hall–Kier alpha value is -1.56. The first kappa shape index (κ1) is 18.8. The summed E-state index contributed by atoms with van der Waals surface area (Å²) in [5, 5.41) is 6.90. The highest BCUT2D eigenvalue weighted by atomic mass is 35.5. The summed E-state index contributed by atoms with van der Waals surface area (Å²) in [5.41, 5.74) is 1.61. The van der Waals surface area contributed by atoms with Gasteiger partial charge in [0.25, 0.3) is 0 Å². The number of carbonyl (C=O) groups excluding carboxylic acids is 1. The molecule has 2 aromatic carbocycles. The van der Waals surface area contributed by atoms with E-state index in [1.165, 1.54) is 0 Å². The molecule has 0 radical (unpaired) electrons. The molecular formula is C17H18Cl2N2O2S. The van der Waals surface area contributed by atoms with Gasteiger partial charge in [-0.1, -0.05) is 35.3 Å². The number of amides is 2. The van der Waals surface area contributed by atoms with Gasteiger partial charge in [-0.2, -0.15) is 11.8 Å². The number of hydrogen-bond acceptors (Lipinski definition) is 3. The Kier molecular flexibility index (Phi) is 7.56. The maximum Gasteiger partial charge on any atom is 0.319 e. The average molecular weight is 385 g/mol. The molecule has 2 aromatic rings. The Morgan fingerprint density at radius 1 is 1.17 bits per heavy atom. The third kappa shape index (κ3) is 5.82. The quantitative estimate of drug-likeness (QED) is 0.656. The van der Waals surface area contributed by atoms with Crippen molar-refractivity contribution in [3.63, 3.8) is 0 Å². The molecule has 2 amide bonds. The summed E-state index contributed by atoms with van der Waals surface area (Å²) in [6.07, 6.45) is 0. The van der Waals surface area contributed by atoms with Gasteiger partial charge in [0.15, 0.2) is 0 Å². The van der Waals surface area contributed by atoms with Crippen LogP contribution in [0.15, 0.2) is 42.5 Å². The molecule has 2 rings (SSSR count). The van der Waals surface area contributed by atoms with Crippen LogP contribution in [-0.2, 0) is 5.75 Å². The summed E-state index contributed by atoms with van der Waals surface area (Å²) >= 11 is 13.9. The summed E-state index contributed by atoms with van der Waals surface area (Å²) in [6, 6.07) is 12.4. The number of rotatable bonds is 7. The number of carbonyl (C=O) groups is 1. The van der Waals surface area contributed by atoms with Crippen LogP contribution in [0.5, 0.6) is 5.75 Å². The van der Waals surface area contributed by atoms with Crippen molar-refractivity contribution < 1.29 is 9.53 Å². The van der Waals surface area contributed by atoms with E-state index in [2.05, 4.69) is 10.6 Å². The zero-order valence-corrected chi connectivity index (χ0v) is 15.5. The van der Waals surface area contributed by atoms with E-state index in [9.17, 15) is 4.79 Å². The van der Waals surface area contributed by atoms with Crippen molar-refractivity contribution in [2.45, 2.75) is 5.75 Å². The van der Waals surface area contributed by atoms with Gasteiger partial charge >= 0.3 is 6.03 Å². The fraction of sp³-hybridized carbons (Fsp3) is 0.235. The molecular weight excluding hydrogens is 367 g/mol. The average Bonchev–Trinajstić information content (AvgIpc) is 2.57. The Morgan fingerprint density at radius 2 is 1.88 bits per heavy atom. The van der Waals surface area contributed by atoms with Crippen molar-refractivity contribution in [2.75, 3.05) is 24.7 Å². The number of halogens is 2. The molecule has 0 heterocycles. The van der Waals surface area contributed by atoms with Crippen LogP contribution in [-0.4, -0.2) is 25.4 Å². The number of hydrogen-bond donors (Lipinski definition) is 2. The summed E-state index contributed by atoms with van der Waals surface area (Å²) in [7, 11) is 1.58. The molecule has 0 aliphatic heterocycles. The van der Waals surface area contributed by atoms with Crippen LogP contribution in [0.25, 0.3) is 0 Å². The van der Waals surface area contributed by atoms with Crippen molar-refractivity contribution in [1.29, 1.82) is 0 Å². The molecule has 4 nitrogen and oxygen atoms in total. The molecule has 0 saturated heterocycles. The monoisotopic (exact) mass is 384 g/mol. The number of urea groups is 1. The molecule has 0 bridgehead atoms. The smallest absolute Gasteiger partial charge is 0.319 e. The van der Waals surface area contributed by atoms with Crippen LogP contribution in [0.3, 0.4) is 0 Å². The Balaban J connectivity index is 1.69. The lowest BCUT2D eigenvalue weighted by atomic mass is 10.2. The minimum atomic E-state index is -0.250. The van der Waals surface area contributed by atoms with E-state index >= 15 is 0 Å². The van der Waals surface area contributed by atoms with Crippen molar-refractivity contribution >= 4 is 46.7 Å². The van der Waals surface area contributed by atoms with Crippen molar-refractivity contribution in [3.8, 4) is 5.75 Å². The first-order valence-corrected chi connectivity index (χ1v) is 9.20. The molecule has 7 heteroatoms. The van der Waals surface area contributed by atoms with Gasteiger partial charge in [-0.05, 0) is 29.8 Å². The summed E-state index contributed by atoms with van der Waals surface area (Å²) in [6.45, 7) is 0.544. The van der Waals surface area contributed by atoms with Gasteiger partial charge in [0, 0.05) is 39.8 Å². The van der Waals surface area contributed by atoms with Crippen LogP contribution in [0, 0.1) is 0 Å². The standard InChI is InChI=1S/C17H18Cl2N2O2S/c1-23-13-5-2-4-12(10-13)21-17(22)20-8-9-24-11-14-15(18)6-3-7-16(14)19/h2-7,10H,8-9,11H2,1H3,(H2,20,21,22). The van der Waals surface area contributed by atoms with Gasteiger partial charge in [0.05, 0.1) is 7.11 Å². The molecule has 24 heavy (non-hydrogen) atoms. The Labute approximate surface area is 155 Å². The van der Waals surface area contributed by atoms with Gasteiger partial charge in [0.1, 0.15) is 5.75 Å². The van der Waals surface area contributed by atoms with E-state index < -0.39 is 0 Å². The van der Waals surface area contributed by atoms with E-state index in [1.54, 1.807) is 31.0 Å². The van der Waals surface area contributed by atoms with Gasteiger partial charge in [0.2, 0.25) is 0 Å². The third-order valence-corrected chi connectivity index (χ3v) is 4.86. The molecule has 0 atom stereocenters. The highest BCUT2D eigenvalue weighted by molar-refractivity contribution is 7.98. The molecule has 0 aliphatic carbocycles. The SMILES string of the molecule is COc1cccc(NC(=O)NCCSCc2c(Cl)cccc2Cl)c1. The predicted molar refractivity (Wildman–Crippen MR) is 103 cm³/mol. The molecule has 0 unspecified atom stereocenters. The molecule has 0 aliphatic rings. The number of nitrogens with one attached hydrogen (secondary N) is 2. The first-order chi connectivity index (χ1) is 11.6. The van der Waals surface area contributed by atoms with E-state index in [0.29, 0.717) is 33.8 Å².